The summed E-state index contributed by atoms with van der Waals surface area (Å²) in [6.07, 6.45) is 0.349. The van der Waals surface area contributed by atoms with E-state index >= 15 is 0 Å². The summed E-state index contributed by atoms with van der Waals surface area (Å²) in [5.41, 5.74) is 5.54. The van der Waals surface area contributed by atoms with Crippen LogP contribution in [0.2, 0.25) is 0 Å². The molecule has 0 aliphatic heterocycles. The summed E-state index contributed by atoms with van der Waals surface area (Å²) in [5.74, 6) is -0.181. The van der Waals surface area contributed by atoms with Gasteiger partial charge in [0.1, 0.15) is 0 Å². The molecule has 1 unspecified atom stereocenters. The van der Waals surface area contributed by atoms with E-state index in [1.165, 1.54) is 0 Å². The quantitative estimate of drug-likeness (QED) is 0.628. The van der Waals surface area contributed by atoms with E-state index in [1.54, 1.807) is 12.1 Å². The van der Waals surface area contributed by atoms with Crippen LogP contribution in [-0.2, 0) is 11.2 Å². The lowest BCUT2D eigenvalue weighted by Crippen LogP contribution is -2.28. The molecule has 0 aliphatic rings. The number of nitrogens with one attached hydrogen (secondary N) is 2. The molecule has 2 amide bonds. The number of carbonyl (C=O) groups excluding carboxylic acids is 2. The lowest BCUT2D eigenvalue weighted by atomic mass is 10.0. The highest BCUT2D eigenvalue weighted by atomic mass is 16.2. The van der Waals surface area contributed by atoms with Crippen LogP contribution in [0.15, 0.2) is 72.8 Å². The molecule has 0 spiro atoms. The van der Waals surface area contributed by atoms with E-state index in [9.17, 15) is 9.59 Å². The zero-order valence-electron chi connectivity index (χ0n) is 17.0. The average Bonchev–Trinajstić information content (AvgIpc) is 2.71. The van der Waals surface area contributed by atoms with Crippen LogP contribution in [0.1, 0.15) is 45.6 Å². The first-order chi connectivity index (χ1) is 13.9. The van der Waals surface area contributed by atoms with Gasteiger partial charge in [0.15, 0.2) is 0 Å². The van der Waals surface area contributed by atoms with Crippen LogP contribution in [0.4, 0.5) is 5.69 Å². The van der Waals surface area contributed by atoms with Crippen LogP contribution in [0.5, 0.6) is 0 Å². The number of benzene rings is 3. The van der Waals surface area contributed by atoms with Crippen LogP contribution in [0.3, 0.4) is 0 Å². The van der Waals surface area contributed by atoms with E-state index in [0.29, 0.717) is 17.7 Å². The molecule has 0 heterocycles. The molecule has 1 atom stereocenters. The minimum Gasteiger partial charge on any atom is -0.349 e. The standard InChI is InChI=1S/C25H26N2O2/c1-17-12-13-18(2)22(14-17)16-24(28)26-19(3)21-10-7-11-23(15-21)27-25(29)20-8-5-4-6-9-20/h4-15,19H,16H2,1-3H3,(H,26,28)(H,27,29). The molecular weight excluding hydrogens is 360 g/mol. The Balaban J connectivity index is 1.64. The Morgan fingerprint density at radius 1 is 0.897 bits per heavy atom. The lowest BCUT2D eigenvalue weighted by molar-refractivity contribution is -0.121. The number of aryl methyl sites for hydroxylation is 2. The van der Waals surface area contributed by atoms with Crippen molar-refractivity contribution in [3.05, 3.63) is 101 Å². The van der Waals surface area contributed by atoms with Gasteiger partial charge in [-0.15, -0.1) is 0 Å². The fraction of sp³-hybridized carbons (Fsp3) is 0.200. The summed E-state index contributed by atoms with van der Waals surface area (Å²) in [7, 11) is 0. The fourth-order valence-corrected chi connectivity index (χ4v) is 3.22. The van der Waals surface area contributed by atoms with E-state index in [-0.39, 0.29) is 17.9 Å². The largest absolute Gasteiger partial charge is 0.349 e. The Labute approximate surface area is 172 Å². The van der Waals surface area contributed by atoms with Crippen molar-refractivity contribution in [1.82, 2.24) is 5.32 Å². The molecule has 4 heteroatoms. The van der Waals surface area contributed by atoms with Gasteiger partial charge in [-0.05, 0) is 61.7 Å². The molecular formula is C25H26N2O2. The third-order valence-electron chi connectivity index (χ3n) is 4.91. The van der Waals surface area contributed by atoms with Crippen LogP contribution >= 0.6 is 0 Å². The van der Waals surface area contributed by atoms with Gasteiger partial charge in [-0.3, -0.25) is 9.59 Å². The molecule has 0 saturated heterocycles. The number of hydrogen-bond acceptors (Lipinski definition) is 2. The third-order valence-corrected chi connectivity index (χ3v) is 4.91. The normalized spacial score (nSPS) is 11.6. The second-order valence-electron chi connectivity index (χ2n) is 7.34. The maximum Gasteiger partial charge on any atom is 0.255 e. The Morgan fingerprint density at radius 3 is 2.41 bits per heavy atom. The zero-order chi connectivity index (χ0) is 20.8. The van der Waals surface area contributed by atoms with Gasteiger partial charge in [-0.25, -0.2) is 0 Å². The van der Waals surface area contributed by atoms with Gasteiger partial charge in [0.05, 0.1) is 12.5 Å². The maximum atomic E-state index is 12.5. The molecule has 0 saturated carbocycles. The van der Waals surface area contributed by atoms with Gasteiger partial charge in [0, 0.05) is 11.3 Å². The Hall–Kier alpha value is -3.40. The van der Waals surface area contributed by atoms with E-state index < -0.39 is 0 Å². The van der Waals surface area contributed by atoms with Crippen LogP contribution < -0.4 is 10.6 Å². The first-order valence-electron chi connectivity index (χ1n) is 9.74. The molecule has 3 rings (SSSR count). The second kappa shape index (κ2) is 9.20. The molecule has 148 valence electrons. The van der Waals surface area contributed by atoms with E-state index in [4.69, 9.17) is 0 Å². The zero-order valence-corrected chi connectivity index (χ0v) is 17.0. The molecule has 0 fully saturated rings. The molecule has 0 aromatic heterocycles. The number of anilines is 1. The van der Waals surface area contributed by atoms with Crippen molar-refractivity contribution in [1.29, 1.82) is 0 Å². The summed E-state index contributed by atoms with van der Waals surface area (Å²) in [6, 6.07) is 22.6. The van der Waals surface area contributed by atoms with Gasteiger partial charge in [-0.1, -0.05) is 54.1 Å². The highest BCUT2D eigenvalue weighted by Crippen LogP contribution is 2.19. The van der Waals surface area contributed by atoms with Gasteiger partial charge >= 0.3 is 0 Å². The highest BCUT2D eigenvalue weighted by Gasteiger charge is 2.13. The Morgan fingerprint density at radius 2 is 1.66 bits per heavy atom. The van der Waals surface area contributed by atoms with Crippen LogP contribution in [-0.4, -0.2) is 11.8 Å². The number of carbonyl (C=O) groups is 2. The predicted octanol–water partition coefficient (Wildman–Crippen LogP) is 4.98. The van der Waals surface area contributed by atoms with Gasteiger partial charge < -0.3 is 10.6 Å². The summed E-state index contributed by atoms with van der Waals surface area (Å²) in [4.78, 5) is 24.9. The van der Waals surface area contributed by atoms with Crippen LogP contribution in [0.25, 0.3) is 0 Å². The van der Waals surface area contributed by atoms with Gasteiger partial charge in [-0.2, -0.15) is 0 Å². The van der Waals surface area contributed by atoms with E-state index in [0.717, 1.165) is 22.3 Å². The lowest BCUT2D eigenvalue weighted by Gasteiger charge is -2.16. The van der Waals surface area contributed by atoms with Gasteiger partial charge in [0.2, 0.25) is 5.91 Å². The molecule has 4 nitrogen and oxygen atoms in total. The molecule has 3 aromatic carbocycles. The SMILES string of the molecule is Cc1ccc(C)c(CC(=O)NC(C)c2cccc(NC(=O)c3ccccc3)c2)c1. The van der Waals surface area contributed by atoms with E-state index in [2.05, 4.69) is 22.8 Å². The summed E-state index contributed by atoms with van der Waals surface area (Å²) in [6.45, 7) is 5.99. The Kier molecular flexibility index (Phi) is 6.45. The maximum absolute atomic E-state index is 12.5. The molecule has 29 heavy (non-hydrogen) atoms. The number of amides is 2. The van der Waals surface area contributed by atoms with Crippen molar-refractivity contribution in [2.24, 2.45) is 0 Å². The summed E-state index contributed by atoms with van der Waals surface area (Å²) in [5, 5.41) is 5.96. The minimum absolute atomic E-state index is 0.0232. The number of rotatable bonds is 6. The average molecular weight is 386 g/mol. The predicted molar refractivity (Wildman–Crippen MR) is 117 cm³/mol. The molecule has 2 N–H and O–H groups in total. The van der Waals surface area contributed by atoms with Crippen molar-refractivity contribution < 1.29 is 9.59 Å². The van der Waals surface area contributed by atoms with Crippen molar-refractivity contribution in [3.8, 4) is 0 Å². The smallest absolute Gasteiger partial charge is 0.255 e. The fourth-order valence-electron chi connectivity index (χ4n) is 3.22. The van der Waals surface area contributed by atoms with Crippen molar-refractivity contribution >= 4 is 17.5 Å². The monoisotopic (exact) mass is 386 g/mol. The minimum atomic E-state index is -0.166. The number of hydrogen-bond donors (Lipinski definition) is 2. The topological polar surface area (TPSA) is 58.2 Å². The molecule has 0 aliphatic carbocycles. The molecule has 0 bridgehead atoms. The van der Waals surface area contributed by atoms with E-state index in [1.807, 2.05) is 69.3 Å². The summed E-state index contributed by atoms with van der Waals surface area (Å²) >= 11 is 0. The van der Waals surface area contributed by atoms with Gasteiger partial charge in [0.25, 0.3) is 5.91 Å². The second-order valence-corrected chi connectivity index (χ2v) is 7.34. The van der Waals surface area contributed by atoms with Crippen molar-refractivity contribution in [2.75, 3.05) is 5.32 Å². The molecule has 0 radical (unpaired) electrons. The molecule has 3 aromatic rings. The third kappa shape index (κ3) is 5.55. The first kappa shape index (κ1) is 20.3. The Bertz CT molecular complexity index is 1010. The van der Waals surface area contributed by atoms with Crippen molar-refractivity contribution in [3.63, 3.8) is 0 Å². The van der Waals surface area contributed by atoms with Crippen molar-refractivity contribution in [2.45, 2.75) is 33.2 Å². The summed E-state index contributed by atoms with van der Waals surface area (Å²) < 4.78 is 0. The highest BCUT2D eigenvalue weighted by molar-refractivity contribution is 6.04. The first-order valence-corrected chi connectivity index (χ1v) is 9.74. The van der Waals surface area contributed by atoms with Crippen LogP contribution in [0, 0.1) is 13.8 Å².